The molecule has 132 valence electrons. The molecule has 0 aromatic heterocycles. The van der Waals surface area contributed by atoms with E-state index in [1.807, 2.05) is 0 Å². The van der Waals surface area contributed by atoms with Crippen LogP contribution in [-0.2, 0) is 4.74 Å². The second-order valence-electron chi connectivity index (χ2n) is 5.78. The summed E-state index contributed by atoms with van der Waals surface area (Å²) in [6, 6.07) is 4.75. The molecule has 7 heteroatoms. The predicted molar refractivity (Wildman–Crippen MR) is 92.5 cm³/mol. The standard InChI is InChI=1S/C17H25N3O4/c1-24-16(23)12-7-8-15(22)14(11-12)20-17(18-9-10-21)19-13-5-3-2-4-6-13/h7-8,11,13,21-22H,2-6,9-10H2,1H3,(H2,18,19,20). The van der Waals surface area contributed by atoms with Gasteiger partial charge >= 0.3 is 5.97 Å². The van der Waals surface area contributed by atoms with Gasteiger partial charge in [-0.15, -0.1) is 0 Å². The number of phenolic OH excluding ortho intramolecular Hbond substituents is 1. The van der Waals surface area contributed by atoms with Gasteiger partial charge in [0.1, 0.15) is 5.75 Å². The van der Waals surface area contributed by atoms with Crippen molar-refractivity contribution in [3.8, 4) is 5.75 Å². The van der Waals surface area contributed by atoms with E-state index in [1.165, 1.54) is 44.6 Å². The van der Waals surface area contributed by atoms with Crippen LogP contribution in [0.5, 0.6) is 5.75 Å². The number of nitrogens with one attached hydrogen (secondary N) is 2. The van der Waals surface area contributed by atoms with Gasteiger partial charge < -0.3 is 25.6 Å². The van der Waals surface area contributed by atoms with Crippen molar-refractivity contribution in [2.75, 3.05) is 25.6 Å². The molecule has 1 aliphatic rings. The zero-order chi connectivity index (χ0) is 17.4. The van der Waals surface area contributed by atoms with Gasteiger partial charge in [-0.3, -0.25) is 4.99 Å². The maximum atomic E-state index is 11.6. The Kier molecular flexibility index (Phi) is 6.87. The Morgan fingerprint density at radius 3 is 2.75 bits per heavy atom. The van der Waals surface area contributed by atoms with Crippen LogP contribution in [0.1, 0.15) is 42.5 Å². The number of methoxy groups -OCH3 is 1. The summed E-state index contributed by atoms with van der Waals surface area (Å²) in [5, 5.41) is 25.4. The Bertz CT molecular complexity index is 583. The topological polar surface area (TPSA) is 103 Å². The van der Waals surface area contributed by atoms with Crippen LogP contribution in [0.4, 0.5) is 5.69 Å². The van der Waals surface area contributed by atoms with Gasteiger partial charge in [0.2, 0.25) is 0 Å². The predicted octanol–water partition coefficient (Wildman–Crippen LogP) is 1.86. The first-order valence-corrected chi connectivity index (χ1v) is 8.24. The molecule has 2 rings (SSSR count). The fourth-order valence-electron chi connectivity index (χ4n) is 2.73. The summed E-state index contributed by atoms with van der Waals surface area (Å²) in [6.45, 7) is 0.186. The normalized spacial score (nSPS) is 15.8. The van der Waals surface area contributed by atoms with E-state index < -0.39 is 5.97 Å². The first-order valence-electron chi connectivity index (χ1n) is 8.24. The van der Waals surface area contributed by atoms with E-state index in [1.54, 1.807) is 0 Å². The number of phenols is 1. The number of aliphatic hydroxyl groups is 1. The van der Waals surface area contributed by atoms with Gasteiger partial charge in [0.15, 0.2) is 5.96 Å². The van der Waals surface area contributed by atoms with E-state index in [9.17, 15) is 9.90 Å². The van der Waals surface area contributed by atoms with Gasteiger partial charge in [-0.05, 0) is 31.0 Å². The number of ether oxygens (including phenoxy) is 1. The average molecular weight is 335 g/mol. The first-order chi connectivity index (χ1) is 11.6. The third-order valence-corrected chi connectivity index (χ3v) is 3.99. The maximum absolute atomic E-state index is 11.6. The highest BCUT2D eigenvalue weighted by molar-refractivity contribution is 5.97. The van der Waals surface area contributed by atoms with Crippen LogP contribution < -0.4 is 10.6 Å². The van der Waals surface area contributed by atoms with Crippen molar-refractivity contribution in [3.63, 3.8) is 0 Å². The lowest BCUT2D eigenvalue weighted by atomic mass is 9.96. The average Bonchev–Trinajstić information content (AvgIpc) is 2.61. The lowest BCUT2D eigenvalue weighted by Gasteiger charge is -2.25. The molecule has 1 aromatic rings. The molecule has 0 bridgehead atoms. The molecule has 0 spiro atoms. The van der Waals surface area contributed by atoms with Crippen molar-refractivity contribution in [2.45, 2.75) is 38.1 Å². The largest absolute Gasteiger partial charge is 0.506 e. The molecule has 1 aromatic carbocycles. The molecule has 0 unspecified atom stereocenters. The van der Waals surface area contributed by atoms with Crippen LogP contribution in [-0.4, -0.2) is 48.4 Å². The van der Waals surface area contributed by atoms with Crippen molar-refractivity contribution in [2.24, 2.45) is 4.99 Å². The quantitative estimate of drug-likeness (QED) is 0.283. The molecule has 0 atom stereocenters. The van der Waals surface area contributed by atoms with Crippen molar-refractivity contribution in [1.82, 2.24) is 5.32 Å². The number of hydrogen-bond donors (Lipinski definition) is 4. The Labute approximate surface area is 141 Å². The number of carbonyl (C=O) groups is 1. The molecule has 0 aliphatic heterocycles. The SMILES string of the molecule is COC(=O)c1ccc(O)c(NC(=NCCO)NC2CCCCC2)c1. The molecule has 0 amide bonds. The van der Waals surface area contributed by atoms with Crippen molar-refractivity contribution in [3.05, 3.63) is 23.8 Å². The molecule has 4 N–H and O–H groups in total. The van der Waals surface area contributed by atoms with Gasteiger partial charge in [0.05, 0.1) is 31.5 Å². The van der Waals surface area contributed by atoms with E-state index in [0.717, 1.165) is 12.8 Å². The minimum atomic E-state index is -0.480. The van der Waals surface area contributed by atoms with Gasteiger partial charge in [0, 0.05) is 6.04 Å². The zero-order valence-electron chi connectivity index (χ0n) is 13.9. The second kappa shape index (κ2) is 9.12. The van der Waals surface area contributed by atoms with E-state index >= 15 is 0 Å². The molecule has 0 heterocycles. The number of nitrogens with zero attached hydrogens (tertiary/aromatic N) is 1. The fraction of sp³-hybridized carbons (Fsp3) is 0.529. The summed E-state index contributed by atoms with van der Waals surface area (Å²) in [6.07, 6.45) is 5.72. The molecular weight excluding hydrogens is 310 g/mol. The molecule has 0 saturated heterocycles. The Morgan fingerprint density at radius 1 is 1.33 bits per heavy atom. The number of aliphatic imine (C=N–C) groups is 1. The Hall–Kier alpha value is -2.28. The van der Waals surface area contributed by atoms with Gasteiger partial charge in [-0.25, -0.2) is 4.79 Å². The van der Waals surface area contributed by atoms with E-state index in [-0.39, 0.29) is 18.9 Å². The number of aliphatic hydroxyl groups excluding tert-OH is 1. The van der Waals surface area contributed by atoms with Crippen LogP contribution >= 0.6 is 0 Å². The number of hydrogen-bond acceptors (Lipinski definition) is 5. The van der Waals surface area contributed by atoms with Crippen molar-refractivity contribution in [1.29, 1.82) is 0 Å². The van der Waals surface area contributed by atoms with Crippen LogP contribution in [0.25, 0.3) is 0 Å². The van der Waals surface area contributed by atoms with E-state index in [4.69, 9.17) is 9.84 Å². The van der Waals surface area contributed by atoms with Crippen molar-refractivity contribution < 1.29 is 19.7 Å². The van der Waals surface area contributed by atoms with Gasteiger partial charge in [-0.2, -0.15) is 0 Å². The van der Waals surface area contributed by atoms with Crippen LogP contribution in [0.2, 0.25) is 0 Å². The molecule has 24 heavy (non-hydrogen) atoms. The third-order valence-electron chi connectivity index (χ3n) is 3.99. The van der Waals surface area contributed by atoms with Crippen LogP contribution in [0.3, 0.4) is 0 Å². The summed E-state index contributed by atoms with van der Waals surface area (Å²) in [5.41, 5.74) is 0.690. The highest BCUT2D eigenvalue weighted by Crippen LogP contribution is 2.25. The van der Waals surface area contributed by atoms with Gasteiger partial charge in [0.25, 0.3) is 0 Å². The smallest absolute Gasteiger partial charge is 0.337 e. The second-order valence-corrected chi connectivity index (χ2v) is 5.78. The van der Waals surface area contributed by atoms with Crippen LogP contribution in [0, 0.1) is 0 Å². The molecule has 1 fully saturated rings. The minimum absolute atomic E-state index is 0.00444. The van der Waals surface area contributed by atoms with E-state index in [2.05, 4.69) is 15.6 Å². The summed E-state index contributed by atoms with van der Waals surface area (Å²) >= 11 is 0. The van der Waals surface area contributed by atoms with Crippen molar-refractivity contribution >= 4 is 17.6 Å². The molecular formula is C17H25N3O4. The summed E-state index contributed by atoms with van der Waals surface area (Å²) in [5.74, 6) is 0.00481. The van der Waals surface area contributed by atoms with Crippen LogP contribution in [0.15, 0.2) is 23.2 Å². The Balaban J connectivity index is 2.14. The molecule has 1 saturated carbocycles. The summed E-state index contributed by atoms with van der Waals surface area (Å²) < 4.78 is 4.70. The van der Waals surface area contributed by atoms with E-state index in [0.29, 0.717) is 23.3 Å². The lowest BCUT2D eigenvalue weighted by Crippen LogP contribution is -2.40. The number of carbonyl (C=O) groups excluding carboxylic acids is 1. The lowest BCUT2D eigenvalue weighted by molar-refractivity contribution is 0.0601. The molecule has 7 nitrogen and oxygen atoms in total. The summed E-state index contributed by atoms with van der Waals surface area (Å²) in [4.78, 5) is 15.9. The van der Waals surface area contributed by atoms with Gasteiger partial charge in [-0.1, -0.05) is 19.3 Å². The Morgan fingerprint density at radius 2 is 2.08 bits per heavy atom. The maximum Gasteiger partial charge on any atom is 0.337 e. The number of aromatic hydroxyl groups is 1. The molecule has 1 aliphatic carbocycles. The fourth-order valence-corrected chi connectivity index (χ4v) is 2.73. The molecule has 0 radical (unpaired) electrons. The number of anilines is 1. The zero-order valence-corrected chi connectivity index (χ0v) is 13.9. The third kappa shape index (κ3) is 5.13. The minimum Gasteiger partial charge on any atom is -0.506 e. The number of guanidine groups is 1. The first kappa shape index (κ1) is 18.1. The summed E-state index contributed by atoms with van der Waals surface area (Å²) in [7, 11) is 1.31. The number of esters is 1. The number of rotatable bonds is 5. The monoisotopic (exact) mass is 335 g/mol. The number of benzene rings is 1. The highest BCUT2D eigenvalue weighted by atomic mass is 16.5. The highest BCUT2D eigenvalue weighted by Gasteiger charge is 2.16.